The van der Waals surface area contributed by atoms with Gasteiger partial charge in [-0.05, 0) is 13.8 Å². The van der Waals surface area contributed by atoms with Crippen LogP contribution in [0.15, 0.2) is 0 Å². The Balaban J connectivity index is 2.51. The predicted molar refractivity (Wildman–Crippen MR) is 45.3 cm³/mol. The third-order valence-electron chi connectivity index (χ3n) is 2.03. The van der Waals surface area contributed by atoms with E-state index in [0.29, 0.717) is 19.6 Å². The van der Waals surface area contributed by atoms with E-state index < -0.39 is 24.5 Å². The highest BCUT2D eigenvalue weighted by atomic mass is 16.7. The van der Waals surface area contributed by atoms with Crippen molar-refractivity contribution in [3.8, 4) is 0 Å². The van der Waals surface area contributed by atoms with Gasteiger partial charge in [0, 0.05) is 19.6 Å². The molecule has 3 atom stereocenters. The van der Waals surface area contributed by atoms with Crippen molar-refractivity contribution >= 4 is 5.97 Å². The highest BCUT2D eigenvalue weighted by molar-refractivity contribution is 5.71. The monoisotopic (exact) mass is 203 g/mol. The van der Waals surface area contributed by atoms with E-state index in [4.69, 9.17) is 14.2 Å². The average Bonchev–Trinajstić information content (AvgIpc) is 2.49. The lowest BCUT2D eigenvalue weighted by molar-refractivity contribution is -0.321. The molecule has 14 heavy (non-hydrogen) atoms. The highest BCUT2D eigenvalue weighted by Crippen LogP contribution is 2.23. The lowest BCUT2D eigenvalue weighted by Crippen LogP contribution is -2.42. The van der Waals surface area contributed by atoms with E-state index >= 15 is 0 Å². The molecule has 0 aromatic heterocycles. The Labute approximate surface area is 82.9 Å². The summed E-state index contributed by atoms with van der Waals surface area (Å²) in [6.45, 7) is 4.58. The van der Waals surface area contributed by atoms with Gasteiger partial charge in [-0.1, -0.05) is 0 Å². The third-order valence-corrected chi connectivity index (χ3v) is 2.03. The van der Waals surface area contributed by atoms with Crippen molar-refractivity contribution in [3.05, 3.63) is 0 Å². The molecule has 5 nitrogen and oxygen atoms in total. The van der Waals surface area contributed by atoms with Crippen LogP contribution in [-0.4, -0.2) is 37.7 Å². The Kier molecular flexibility index (Phi) is 4.31. The summed E-state index contributed by atoms with van der Waals surface area (Å²) < 4.78 is 15.5. The van der Waals surface area contributed by atoms with E-state index in [1.165, 1.54) is 0 Å². The average molecular weight is 203 g/mol. The molecule has 0 amide bonds. The Morgan fingerprint density at radius 2 is 2.07 bits per heavy atom. The van der Waals surface area contributed by atoms with Crippen LogP contribution in [0.2, 0.25) is 0 Å². The number of carboxylic acids is 1. The maximum Gasteiger partial charge on any atom is 0.161 e. The predicted octanol–water partition coefficient (Wildman–Crippen LogP) is -0.707. The zero-order chi connectivity index (χ0) is 10.6. The molecule has 82 valence electrons. The van der Waals surface area contributed by atoms with E-state index in [2.05, 4.69) is 0 Å². The fourth-order valence-corrected chi connectivity index (χ4v) is 1.49. The Bertz CT molecular complexity index is 194. The zero-order valence-corrected chi connectivity index (χ0v) is 8.39. The minimum Gasteiger partial charge on any atom is -0.547 e. The van der Waals surface area contributed by atoms with Crippen LogP contribution in [0.4, 0.5) is 0 Å². The van der Waals surface area contributed by atoms with Crippen LogP contribution in [0.5, 0.6) is 0 Å². The first-order valence-electron chi connectivity index (χ1n) is 4.78. The van der Waals surface area contributed by atoms with Crippen LogP contribution < -0.4 is 5.11 Å². The second kappa shape index (κ2) is 5.29. The summed E-state index contributed by atoms with van der Waals surface area (Å²) in [4.78, 5) is 10.7. The van der Waals surface area contributed by atoms with E-state index in [-0.39, 0.29) is 0 Å². The third kappa shape index (κ3) is 2.67. The van der Waals surface area contributed by atoms with E-state index in [0.717, 1.165) is 0 Å². The SMILES string of the molecule is CCOC1CC(OCC)C(C(=O)[O-])O1. The summed E-state index contributed by atoms with van der Waals surface area (Å²) in [6, 6.07) is 0. The molecule has 0 aliphatic carbocycles. The van der Waals surface area contributed by atoms with Gasteiger partial charge in [0.2, 0.25) is 0 Å². The minimum absolute atomic E-state index is 0.445. The first kappa shape index (κ1) is 11.4. The number of rotatable bonds is 5. The second-order valence-electron chi connectivity index (χ2n) is 2.99. The number of carbonyl (C=O) groups is 1. The van der Waals surface area contributed by atoms with Crippen molar-refractivity contribution in [2.75, 3.05) is 13.2 Å². The second-order valence-corrected chi connectivity index (χ2v) is 2.99. The van der Waals surface area contributed by atoms with E-state index in [9.17, 15) is 9.90 Å². The fourth-order valence-electron chi connectivity index (χ4n) is 1.49. The molecule has 0 saturated carbocycles. The van der Waals surface area contributed by atoms with Crippen LogP contribution in [0.25, 0.3) is 0 Å². The Morgan fingerprint density at radius 1 is 1.43 bits per heavy atom. The molecule has 0 aromatic rings. The van der Waals surface area contributed by atoms with Gasteiger partial charge in [-0.25, -0.2) is 0 Å². The molecular formula is C9H15O5-. The first-order chi connectivity index (χ1) is 6.69. The maximum absolute atomic E-state index is 10.7. The zero-order valence-electron chi connectivity index (χ0n) is 8.39. The highest BCUT2D eigenvalue weighted by Gasteiger charge is 2.37. The molecule has 0 aromatic carbocycles. The summed E-state index contributed by atoms with van der Waals surface area (Å²) in [5, 5.41) is 10.7. The standard InChI is InChI=1S/C9H16O5/c1-3-12-6-5-7(13-4-2)14-8(6)9(10)11/h6-8H,3-5H2,1-2H3,(H,10,11)/p-1. The van der Waals surface area contributed by atoms with Crippen molar-refractivity contribution in [1.29, 1.82) is 0 Å². The Hall–Kier alpha value is -0.650. The molecule has 3 unspecified atom stereocenters. The summed E-state index contributed by atoms with van der Waals surface area (Å²) in [6.07, 6.45) is -1.51. The molecule has 5 heteroatoms. The fraction of sp³-hybridized carbons (Fsp3) is 0.889. The summed E-state index contributed by atoms with van der Waals surface area (Å²) >= 11 is 0. The molecule has 1 aliphatic heterocycles. The number of aliphatic carboxylic acids is 1. The van der Waals surface area contributed by atoms with Crippen LogP contribution in [-0.2, 0) is 19.0 Å². The van der Waals surface area contributed by atoms with Crippen LogP contribution in [0.3, 0.4) is 0 Å². The summed E-state index contributed by atoms with van der Waals surface area (Å²) in [5.41, 5.74) is 0. The molecule has 1 rings (SSSR count). The van der Waals surface area contributed by atoms with Crippen LogP contribution >= 0.6 is 0 Å². The van der Waals surface area contributed by atoms with Gasteiger partial charge in [0.25, 0.3) is 0 Å². The molecule has 1 saturated heterocycles. The molecule has 0 radical (unpaired) electrons. The van der Waals surface area contributed by atoms with Crippen molar-refractivity contribution in [2.24, 2.45) is 0 Å². The first-order valence-corrected chi connectivity index (χ1v) is 4.78. The largest absolute Gasteiger partial charge is 0.547 e. The molecule has 1 heterocycles. The maximum atomic E-state index is 10.7. The number of ether oxygens (including phenoxy) is 3. The van der Waals surface area contributed by atoms with Gasteiger partial charge in [-0.3, -0.25) is 0 Å². The molecule has 0 bridgehead atoms. The van der Waals surface area contributed by atoms with Gasteiger partial charge in [0.05, 0.1) is 12.1 Å². The Morgan fingerprint density at radius 3 is 2.57 bits per heavy atom. The van der Waals surface area contributed by atoms with Crippen LogP contribution in [0.1, 0.15) is 20.3 Å². The number of carboxylic acid groups (broad SMARTS) is 1. The number of hydrogen-bond acceptors (Lipinski definition) is 5. The summed E-state index contributed by atoms with van der Waals surface area (Å²) in [7, 11) is 0. The van der Waals surface area contributed by atoms with Gasteiger partial charge in [-0.2, -0.15) is 0 Å². The molecule has 0 N–H and O–H groups in total. The molecular weight excluding hydrogens is 188 g/mol. The lowest BCUT2D eigenvalue weighted by atomic mass is 10.2. The smallest absolute Gasteiger partial charge is 0.161 e. The van der Waals surface area contributed by atoms with Crippen molar-refractivity contribution in [1.82, 2.24) is 0 Å². The molecule has 1 fully saturated rings. The lowest BCUT2D eigenvalue weighted by Gasteiger charge is -2.18. The number of carbonyl (C=O) groups excluding carboxylic acids is 1. The molecule has 0 spiro atoms. The van der Waals surface area contributed by atoms with Crippen molar-refractivity contribution in [3.63, 3.8) is 0 Å². The van der Waals surface area contributed by atoms with E-state index in [1.54, 1.807) is 6.92 Å². The van der Waals surface area contributed by atoms with Gasteiger partial charge < -0.3 is 24.1 Å². The van der Waals surface area contributed by atoms with Gasteiger partial charge in [0.15, 0.2) is 6.29 Å². The topological polar surface area (TPSA) is 67.8 Å². The van der Waals surface area contributed by atoms with E-state index in [1.807, 2.05) is 6.92 Å². The minimum atomic E-state index is -1.24. The van der Waals surface area contributed by atoms with Gasteiger partial charge >= 0.3 is 0 Å². The van der Waals surface area contributed by atoms with Gasteiger partial charge in [-0.15, -0.1) is 0 Å². The normalized spacial score (nSPS) is 32.0. The summed E-state index contributed by atoms with van der Waals surface area (Å²) in [5.74, 6) is -1.24. The van der Waals surface area contributed by atoms with Crippen molar-refractivity contribution < 1.29 is 24.1 Å². The molecule has 1 aliphatic rings. The van der Waals surface area contributed by atoms with Crippen molar-refractivity contribution in [2.45, 2.75) is 38.8 Å². The quantitative estimate of drug-likeness (QED) is 0.590. The number of hydrogen-bond donors (Lipinski definition) is 0. The van der Waals surface area contributed by atoms with Crippen LogP contribution in [0, 0.1) is 0 Å². The van der Waals surface area contributed by atoms with Gasteiger partial charge in [0.1, 0.15) is 6.10 Å².